The lowest BCUT2D eigenvalue weighted by Gasteiger charge is -2.16. The van der Waals surface area contributed by atoms with Gasteiger partial charge in [0.1, 0.15) is 0 Å². The fraction of sp³-hybridized carbons (Fsp3) is 0.222. The lowest BCUT2D eigenvalue weighted by molar-refractivity contribution is -0.0511. The molecule has 0 atom stereocenters. The van der Waals surface area contributed by atoms with E-state index in [1.807, 2.05) is 0 Å². The molecule has 1 amide bonds. The van der Waals surface area contributed by atoms with Gasteiger partial charge in [0.2, 0.25) is 6.79 Å². The van der Waals surface area contributed by atoms with Crippen LogP contribution in [0.4, 0.5) is 14.5 Å². The Morgan fingerprint density at radius 1 is 1.14 bits per heavy atom. The minimum Gasteiger partial charge on any atom is -0.493 e. The van der Waals surface area contributed by atoms with Crippen molar-refractivity contribution >= 4 is 29.2 Å². The molecule has 0 bridgehead atoms. The van der Waals surface area contributed by atoms with Crippen molar-refractivity contribution in [1.29, 1.82) is 0 Å². The Labute approximate surface area is 168 Å². The van der Waals surface area contributed by atoms with Gasteiger partial charge in [-0.15, -0.1) is 0 Å². The van der Waals surface area contributed by atoms with Gasteiger partial charge in [0, 0.05) is 17.7 Å². The van der Waals surface area contributed by atoms with E-state index >= 15 is 0 Å². The highest BCUT2D eigenvalue weighted by atomic mass is 35.5. The first-order valence-corrected chi connectivity index (χ1v) is 8.37. The van der Waals surface area contributed by atoms with E-state index in [9.17, 15) is 18.4 Å². The second-order valence-corrected chi connectivity index (χ2v) is 5.97. The minimum atomic E-state index is -3.15. The van der Waals surface area contributed by atoms with E-state index in [4.69, 9.17) is 25.8 Å². The standard InChI is InChI=1S/C18H14ClF2NO7/c1-25-12-5-9(17(24)26-2)11(6-13(12)29-18(20)21)22-16(23)8-3-10(19)15-14(4-8)27-7-28-15/h3-6,18H,7H2,1-2H3,(H,22,23). The van der Waals surface area contributed by atoms with Crippen LogP contribution in [-0.2, 0) is 4.74 Å². The number of hydrogen-bond donors (Lipinski definition) is 1. The van der Waals surface area contributed by atoms with Crippen LogP contribution in [0.5, 0.6) is 23.0 Å². The van der Waals surface area contributed by atoms with Crippen molar-refractivity contribution in [2.75, 3.05) is 26.3 Å². The zero-order chi connectivity index (χ0) is 21.1. The Kier molecular flexibility index (Phi) is 5.92. The number of rotatable bonds is 6. The number of anilines is 1. The van der Waals surface area contributed by atoms with Crippen molar-refractivity contribution in [3.8, 4) is 23.0 Å². The van der Waals surface area contributed by atoms with E-state index in [1.54, 1.807) is 0 Å². The number of hydrogen-bond acceptors (Lipinski definition) is 7. The van der Waals surface area contributed by atoms with Crippen molar-refractivity contribution in [2.24, 2.45) is 0 Å². The molecule has 29 heavy (non-hydrogen) atoms. The van der Waals surface area contributed by atoms with Gasteiger partial charge in [0.05, 0.1) is 30.5 Å². The molecule has 11 heteroatoms. The van der Waals surface area contributed by atoms with Crippen LogP contribution in [0, 0.1) is 0 Å². The molecule has 2 aromatic rings. The molecule has 154 valence electrons. The second-order valence-electron chi connectivity index (χ2n) is 5.56. The first-order chi connectivity index (χ1) is 13.8. The van der Waals surface area contributed by atoms with Gasteiger partial charge in [0.15, 0.2) is 23.0 Å². The van der Waals surface area contributed by atoms with Crippen molar-refractivity contribution in [3.05, 3.63) is 40.4 Å². The molecule has 1 aliphatic heterocycles. The summed E-state index contributed by atoms with van der Waals surface area (Å²) in [4.78, 5) is 24.8. The zero-order valence-electron chi connectivity index (χ0n) is 15.1. The van der Waals surface area contributed by atoms with Crippen LogP contribution in [0.15, 0.2) is 24.3 Å². The molecular weight excluding hydrogens is 416 g/mol. The Hall–Kier alpha value is -3.27. The number of alkyl halides is 2. The Morgan fingerprint density at radius 3 is 2.55 bits per heavy atom. The SMILES string of the molecule is COC(=O)c1cc(OC)c(OC(F)F)cc1NC(=O)c1cc(Cl)c2c(c1)OCO2. The summed E-state index contributed by atoms with van der Waals surface area (Å²) in [6, 6.07) is 4.87. The largest absolute Gasteiger partial charge is 0.493 e. The van der Waals surface area contributed by atoms with Gasteiger partial charge in [-0.1, -0.05) is 11.6 Å². The molecule has 0 aromatic heterocycles. The lowest BCUT2D eigenvalue weighted by Crippen LogP contribution is -2.16. The summed E-state index contributed by atoms with van der Waals surface area (Å²) < 4.78 is 49.8. The van der Waals surface area contributed by atoms with Gasteiger partial charge >= 0.3 is 12.6 Å². The summed E-state index contributed by atoms with van der Waals surface area (Å²) in [5.41, 5.74) is -0.180. The van der Waals surface area contributed by atoms with Crippen LogP contribution in [-0.4, -0.2) is 39.5 Å². The highest BCUT2D eigenvalue weighted by molar-refractivity contribution is 6.33. The molecule has 0 fully saturated rings. The van der Waals surface area contributed by atoms with E-state index in [0.717, 1.165) is 19.2 Å². The number of carbonyl (C=O) groups excluding carboxylic acids is 2. The summed E-state index contributed by atoms with van der Waals surface area (Å²) >= 11 is 6.07. The quantitative estimate of drug-likeness (QED) is 0.699. The van der Waals surface area contributed by atoms with Crippen LogP contribution >= 0.6 is 11.6 Å². The predicted octanol–water partition coefficient (Wildman–Crippen LogP) is 3.72. The summed E-state index contributed by atoms with van der Waals surface area (Å²) in [5.74, 6) is -1.47. The molecule has 0 saturated heterocycles. The molecule has 1 heterocycles. The van der Waals surface area contributed by atoms with Crippen LogP contribution in [0.1, 0.15) is 20.7 Å². The van der Waals surface area contributed by atoms with Crippen molar-refractivity contribution < 1.29 is 42.1 Å². The molecule has 0 unspecified atom stereocenters. The topological polar surface area (TPSA) is 92.3 Å². The lowest BCUT2D eigenvalue weighted by atomic mass is 10.1. The molecule has 8 nitrogen and oxygen atoms in total. The molecule has 0 saturated carbocycles. The monoisotopic (exact) mass is 429 g/mol. The smallest absolute Gasteiger partial charge is 0.387 e. The highest BCUT2D eigenvalue weighted by Gasteiger charge is 2.24. The maximum Gasteiger partial charge on any atom is 0.387 e. The molecule has 3 rings (SSSR count). The Bertz CT molecular complexity index is 968. The van der Waals surface area contributed by atoms with Crippen molar-refractivity contribution in [3.63, 3.8) is 0 Å². The molecule has 0 spiro atoms. The molecular formula is C18H14ClF2NO7. The van der Waals surface area contributed by atoms with Gasteiger partial charge in [-0.05, 0) is 12.1 Å². The van der Waals surface area contributed by atoms with Crippen molar-refractivity contribution in [1.82, 2.24) is 0 Å². The number of fused-ring (bicyclic) bond motifs is 1. The summed E-state index contributed by atoms with van der Waals surface area (Å²) in [5, 5.41) is 2.60. The molecule has 2 aromatic carbocycles. The summed E-state index contributed by atoms with van der Waals surface area (Å²) in [6.45, 7) is -3.19. The molecule has 1 aliphatic rings. The number of amides is 1. The highest BCUT2D eigenvalue weighted by Crippen LogP contribution is 2.40. The minimum absolute atomic E-state index is 0.0422. The fourth-order valence-corrected chi connectivity index (χ4v) is 2.85. The molecule has 1 N–H and O–H groups in total. The molecule has 0 radical (unpaired) electrons. The van der Waals surface area contributed by atoms with E-state index in [2.05, 4.69) is 14.8 Å². The third-order valence-electron chi connectivity index (χ3n) is 3.86. The summed E-state index contributed by atoms with van der Waals surface area (Å²) in [6.07, 6.45) is 0. The van der Waals surface area contributed by atoms with Gasteiger partial charge in [0.25, 0.3) is 5.91 Å². The second kappa shape index (κ2) is 8.39. The predicted molar refractivity (Wildman–Crippen MR) is 96.5 cm³/mol. The Balaban J connectivity index is 1.99. The van der Waals surface area contributed by atoms with Crippen LogP contribution < -0.4 is 24.3 Å². The number of benzene rings is 2. The number of halogens is 3. The zero-order valence-corrected chi connectivity index (χ0v) is 15.8. The van der Waals surface area contributed by atoms with Crippen molar-refractivity contribution in [2.45, 2.75) is 6.61 Å². The Morgan fingerprint density at radius 2 is 1.90 bits per heavy atom. The van der Waals surface area contributed by atoms with Gasteiger partial charge in [-0.3, -0.25) is 4.79 Å². The average Bonchev–Trinajstić information content (AvgIpc) is 3.16. The number of carbonyl (C=O) groups is 2. The fourth-order valence-electron chi connectivity index (χ4n) is 2.58. The number of nitrogens with one attached hydrogen (secondary N) is 1. The maximum atomic E-state index is 12.7. The van der Waals surface area contributed by atoms with E-state index in [0.29, 0.717) is 5.75 Å². The normalized spacial score (nSPS) is 11.9. The number of esters is 1. The third-order valence-corrected chi connectivity index (χ3v) is 4.14. The van der Waals surface area contributed by atoms with Gasteiger partial charge < -0.3 is 29.0 Å². The van der Waals surface area contributed by atoms with Crippen LogP contribution in [0.2, 0.25) is 5.02 Å². The van der Waals surface area contributed by atoms with Crippen LogP contribution in [0.25, 0.3) is 0 Å². The first kappa shape index (κ1) is 20.5. The van der Waals surface area contributed by atoms with Crippen LogP contribution in [0.3, 0.4) is 0 Å². The van der Waals surface area contributed by atoms with Gasteiger partial charge in [-0.25, -0.2) is 4.79 Å². The number of methoxy groups -OCH3 is 2. The first-order valence-electron chi connectivity index (χ1n) is 7.99. The average molecular weight is 430 g/mol. The maximum absolute atomic E-state index is 12.7. The van der Waals surface area contributed by atoms with E-state index in [1.165, 1.54) is 19.2 Å². The number of ether oxygens (including phenoxy) is 5. The summed E-state index contributed by atoms with van der Waals surface area (Å²) in [7, 11) is 2.34. The van der Waals surface area contributed by atoms with E-state index in [-0.39, 0.29) is 45.9 Å². The third kappa shape index (κ3) is 4.27. The molecule has 0 aliphatic carbocycles. The van der Waals surface area contributed by atoms with Gasteiger partial charge in [-0.2, -0.15) is 8.78 Å². The van der Waals surface area contributed by atoms with E-state index < -0.39 is 18.5 Å².